The first-order valence-corrected chi connectivity index (χ1v) is 9.21. The zero-order valence-electron chi connectivity index (χ0n) is 14.1. The van der Waals surface area contributed by atoms with Gasteiger partial charge in [0.15, 0.2) is 0 Å². The maximum Gasteiger partial charge on any atom is 0.223 e. The Kier molecular flexibility index (Phi) is 5.68. The lowest BCUT2D eigenvalue weighted by atomic mass is 9.95. The average Bonchev–Trinajstić information content (AvgIpc) is 2.61. The second-order valence-corrected chi connectivity index (χ2v) is 7.32. The number of hydrogen-bond donors (Lipinski definition) is 1. The molecule has 1 amide bonds. The molecule has 0 aliphatic carbocycles. The third-order valence-corrected chi connectivity index (χ3v) is 5.00. The smallest absolute Gasteiger partial charge is 0.223 e. The molecule has 3 rings (SSSR count). The summed E-state index contributed by atoms with van der Waals surface area (Å²) in [6, 6.07) is 8.27. The van der Waals surface area contributed by atoms with Crippen LogP contribution in [-0.2, 0) is 11.3 Å². The van der Waals surface area contributed by atoms with Crippen LogP contribution >= 0.6 is 15.9 Å². The minimum Gasteiger partial charge on any atom is -0.356 e. The molecule has 132 valence electrons. The molecule has 0 atom stereocenters. The summed E-state index contributed by atoms with van der Waals surface area (Å²) in [4.78, 5) is 19.1. The molecule has 0 bridgehead atoms. The topological polar surface area (TPSA) is 45.2 Å². The molecule has 2 aromatic rings. The van der Waals surface area contributed by atoms with Crippen LogP contribution in [0.4, 0.5) is 10.2 Å². The van der Waals surface area contributed by atoms with Crippen LogP contribution in [0.1, 0.15) is 24.0 Å². The highest BCUT2D eigenvalue weighted by atomic mass is 79.9. The van der Waals surface area contributed by atoms with E-state index in [0.29, 0.717) is 6.54 Å². The Hall–Kier alpha value is -1.95. The highest BCUT2D eigenvalue weighted by Crippen LogP contribution is 2.26. The van der Waals surface area contributed by atoms with Crippen LogP contribution in [0.3, 0.4) is 0 Å². The summed E-state index contributed by atoms with van der Waals surface area (Å²) in [5.74, 6) is 0.824. The van der Waals surface area contributed by atoms with Crippen molar-refractivity contribution in [2.24, 2.45) is 5.92 Å². The molecule has 4 nitrogen and oxygen atoms in total. The van der Waals surface area contributed by atoms with Gasteiger partial charge in [-0.05, 0) is 65.0 Å². The van der Waals surface area contributed by atoms with E-state index < -0.39 is 0 Å². The summed E-state index contributed by atoms with van der Waals surface area (Å²) < 4.78 is 13.9. The molecule has 0 spiro atoms. The van der Waals surface area contributed by atoms with Crippen molar-refractivity contribution >= 4 is 27.7 Å². The van der Waals surface area contributed by atoms with E-state index in [1.807, 2.05) is 6.20 Å². The lowest BCUT2D eigenvalue weighted by molar-refractivity contribution is -0.125. The number of nitrogens with zero attached hydrogens (tertiary/aromatic N) is 2. The van der Waals surface area contributed by atoms with Gasteiger partial charge in [0, 0.05) is 36.2 Å². The fourth-order valence-corrected chi connectivity index (χ4v) is 3.60. The average molecular weight is 406 g/mol. The van der Waals surface area contributed by atoms with Crippen molar-refractivity contribution in [2.45, 2.75) is 26.3 Å². The molecule has 1 fully saturated rings. The van der Waals surface area contributed by atoms with Crippen molar-refractivity contribution < 1.29 is 9.18 Å². The summed E-state index contributed by atoms with van der Waals surface area (Å²) in [5, 5.41) is 2.96. The predicted octanol–water partition coefficient (Wildman–Crippen LogP) is 3.82. The molecule has 1 aromatic heterocycles. The Morgan fingerprint density at radius 1 is 1.32 bits per heavy atom. The molecule has 1 aromatic carbocycles. The van der Waals surface area contributed by atoms with Crippen LogP contribution < -0.4 is 10.2 Å². The zero-order valence-corrected chi connectivity index (χ0v) is 15.7. The van der Waals surface area contributed by atoms with Gasteiger partial charge in [-0.1, -0.05) is 12.1 Å². The van der Waals surface area contributed by atoms with Crippen LogP contribution in [-0.4, -0.2) is 24.0 Å². The van der Waals surface area contributed by atoms with E-state index in [4.69, 9.17) is 0 Å². The normalized spacial score (nSPS) is 15.2. The number of aryl methyl sites for hydroxylation is 1. The second-order valence-electron chi connectivity index (χ2n) is 6.40. The number of pyridine rings is 1. The lowest BCUT2D eigenvalue weighted by Gasteiger charge is -2.33. The van der Waals surface area contributed by atoms with Gasteiger partial charge in [0.2, 0.25) is 5.91 Å². The molecule has 6 heteroatoms. The first-order chi connectivity index (χ1) is 12.0. The number of aromatic nitrogens is 1. The number of carbonyl (C=O) groups is 1. The molecule has 1 saturated heterocycles. The molecule has 0 saturated carbocycles. The molecule has 1 aliphatic rings. The van der Waals surface area contributed by atoms with E-state index >= 15 is 0 Å². The van der Waals surface area contributed by atoms with Gasteiger partial charge in [-0.2, -0.15) is 0 Å². The third-order valence-electron chi connectivity index (χ3n) is 4.56. The van der Waals surface area contributed by atoms with Gasteiger partial charge < -0.3 is 10.2 Å². The molecule has 2 heterocycles. The van der Waals surface area contributed by atoms with Crippen molar-refractivity contribution in [3.05, 3.63) is 57.9 Å². The first kappa shape index (κ1) is 17.9. The Morgan fingerprint density at radius 3 is 2.64 bits per heavy atom. The summed E-state index contributed by atoms with van der Waals surface area (Å²) in [6.45, 7) is 4.13. The van der Waals surface area contributed by atoms with Crippen molar-refractivity contribution in [3.63, 3.8) is 0 Å². The van der Waals surface area contributed by atoms with E-state index in [0.717, 1.165) is 47.3 Å². The summed E-state index contributed by atoms with van der Waals surface area (Å²) in [7, 11) is 0. The van der Waals surface area contributed by atoms with E-state index in [1.165, 1.54) is 12.1 Å². The number of nitrogens with one attached hydrogen (secondary N) is 1. The number of carbonyl (C=O) groups excluding carboxylic acids is 1. The first-order valence-electron chi connectivity index (χ1n) is 8.42. The van der Waals surface area contributed by atoms with Gasteiger partial charge in [-0.25, -0.2) is 9.37 Å². The highest BCUT2D eigenvalue weighted by molar-refractivity contribution is 9.10. The van der Waals surface area contributed by atoms with E-state index in [2.05, 4.69) is 44.1 Å². The van der Waals surface area contributed by atoms with E-state index in [-0.39, 0.29) is 17.6 Å². The van der Waals surface area contributed by atoms with Gasteiger partial charge >= 0.3 is 0 Å². The Bertz CT molecular complexity index is 743. The minimum atomic E-state index is -0.265. The summed E-state index contributed by atoms with van der Waals surface area (Å²) in [5.41, 5.74) is 2.04. The monoisotopic (exact) mass is 405 g/mol. The van der Waals surface area contributed by atoms with E-state index in [1.54, 1.807) is 12.1 Å². The molecule has 25 heavy (non-hydrogen) atoms. The predicted molar refractivity (Wildman–Crippen MR) is 99.9 cm³/mol. The lowest BCUT2D eigenvalue weighted by Crippen LogP contribution is -2.40. The van der Waals surface area contributed by atoms with Crippen molar-refractivity contribution in [3.8, 4) is 0 Å². The van der Waals surface area contributed by atoms with Crippen LogP contribution in [0.25, 0.3) is 0 Å². The van der Waals surface area contributed by atoms with Crippen LogP contribution in [0, 0.1) is 18.7 Å². The van der Waals surface area contributed by atoms with Crippen LogP contribution in [0.15, 0.2) is 41.0 Å². The SMILES string of the molecule is Cc1cc(Br)cnc1N1CCC(C(=O)NCc2ccc(F)cc2)CC1. The number of hydrogen-bond acceptors (Lipinski definition) is 3. The van der Waals surface area contributed by atoms with Gasteiger partial charge in [-0.3, -0.25) is 4.79 Å². The Morgan fingerprint density at radius 2 is 2.00 bits per heavy atom. The number of benzene rings is 1. The van der Waals surface area contributed by atoms with Crippen molar-refractivity contribution in [2.75, 3.05) is 18.0 Å². The molecular formula is C19H21BrFN3O. The van der Waals surface area contributed by atoms with Gasteiger partial charge in [0.05, 0.1) is 0 Å². The molecular weight excluding hydrogens is 385 g/mol. The van der Waals surface area contributed by atoms with Gasteiger partial charge in [0.1, 0.15) is 11.6 Å². The largest absolute Gasteiger partial charge is 0.356 e. The second kappa shape index (κ2) is 7.95. The summed E-state index contributed by atoms with van der Waals surface area (Å²) >= 11 is 3.43. The Balaban J connectivity index is 1.51. The number of anilines is 1. The fourth-order valence-electron chi connectivity index (χ4n) is 3.15. The zero-order chi connectivity index (χ0) is 17.8. The quantitative estimate of drug-likeness (QED) is 0.840. The fraction of sp³-hybridized carbons (Fsp3) is 0.368. The standard InChI is InChI=1S/C19H21BrFN3O/c1-13-10-16(20)12-22-18(13)24-8-6-15(7-9-24)19(25)23-11-14-2-4-17(21)5-3-14/h2-5,10,12,15H,6-9,11H2,1H3,(H,23,25). The molecule has 1 N–H and O–H groups in total. The van der Waals surface area contributed by atoms with Gasteiger partial charge in [-0.15, -0.1) is 0 Å². The molecule has 1 aliphatic heterocycles. The van der Waals surface area contributed by atoms with Crippen LogP contribution in [0.2, 0.25) is 0 Å². The number of halogens is 2. The molecule has 0 radical (unpaired) electrons. The highest BCUT2D eigenvalue weighted by Gasteiger charge is 2.26. The number of rotatable bonds is 4. The maximum atomic E-state index is 12.9. The van der Waals surface area contributed by atoms with Crippen LogP contribution in [0.5, 0.6) is 0 Å². The molecule has 0 unspecified atom stereocenters. The number of piperidine rings is 1. The third kappa shape index (κ3) is 4.57. The number of amides is 1. The summed E-state index contributed by atoms with van der Waals surface area (Å²) in [6.07, 6.45) is 3.43. The van der Waals surface area contributed by atoms with Crippen molar-refractivity contribution in [1.29, 1.82) is 0 Å². The van der Waals surface area contributed by atoms with Crippen molar-refractivity contribution in [1.82, 2.24) is 10.3 Å². The van der Waals surface area contributed by atoms with Gasteiger partial charge in [0.25, 0.3) is 0 Å². The minimum absolute atomic E-state index is 0.0208. The van der Waals surface area contributed by atoms with E-state index in [9.17, 15) is 9.18 Å². The maximum absolute atomic E-state index is 12.9. The Labute approximate surface area is 155 Å².